The zero-order valence-electron chi connectivity index (χ0n) is 20.3. The molecule has 3 heterocycles. The van der Waals surface area contributed by atoms with Crippen LogP contribution in [0.4, 0.5) is 5.82 Å². The highest BCUT2D eigenvalue weighted by Gasteiger charge is 2.39. The molecule has 0 spiro atoms. The van der Waals surface area contributed by atoms with Crippen LogP contribution in [0.1, 0.15) is 69.6 Å². The lowest BCUT2D eigenvalue weighted by molar-refractivity contribution is -0.123. The first kappa shape index (κ1) is 25.0. The number of thiocarbonyl (C=S) groups is 1. The zero-order valence-corrected chi connectivity index (χ0v) is 21.9. The molecule has 0 bridgehead atoms. The summed E-state index contributed by atoms with van der Waals surface area (Å²) >= 11 is 6.92. The summed E-state index contributed by atoms with van der Waals surface area (Å²) in [5, 5.41) is 9.82. The van der Waals surface area contributed by atoms with Gasteiger partial charge in [-0.1, -0.05) is 43.7 Å². The smallest absolute Gasteiger partial charge is 0.270 e. The Morgan fingerprint density at radius 2 is 1.85 bits per heavy atom. The number of hydrogen-bond acceptors (Lipinski definition) is 7. The number of aromatic nitrogens is 1. The number of pyridine rings is 1. The number of ether oxygens (including phenoxy) is 1. The Hall–Kier alpha value is -2.15. The molecule has 1 amide bonds. The van der Waals surface area contributed by atoms with Crippen LogP contribution in [-0.2, 0) is 16.1 Å². The second-order valence-electron chi connectivity index (χ2n) is 9.46. The number of thioether (sulfide) groups is 1. The van der Waals surface area contributed by atoms with Gasteiger partial charge in [-0.05, 0) is 51.7 Å². The lowest BCUT2D eigenvalue weighted by atomic mass is 10.0. The minimum Gasteiger partial charge on any atom is -0.372 e. The summed E-state index contributed by atoms with van der Waals surface area (Å²) in [4.78, 5) is 31.3. The third-order valence-corrected chi connectivity index (χ3v) is 8.13. The monoisotopic (exact) mass is 500 g/mol. The van der Waals surface area contributed by atoms with E-state index in [1.165, 1.54) is 11.8 Å². The van der Waals surface area contributed by atoms with Crippen LogP contribution in [0.15, 0.2) is 9.70 Å². The summed E-state index contributed by atoms with van der Waals surface area (Å²) in [6, 6.07) is 2.29. The predicted molar refractivity (Wildman–Crippen MR) is 140 cm³/mol. The molecule has 7 nitrogen and oxygen atoms in total. The molecule has 3 aliphatic rings. The highest BCUT2D eigenvalue weighted by atomic mass is 32.2. The molecule has 2 unspecified atom stereocenters. The normalized spacial score (nSPS) is 25.0. The second-order valence-corrected chi connectivity index (χ2v) is 11.1. The maximum Gasteiger partial charge on any atom is 0.270 e. The van der Waals surface area contributed by atoms with Crippen molar-refractivity contribution >= 4 is 46.1 Å². The first-order valence-corrected chi connectivity index (χ1v) is 13.3. The number of anilines is 1. The van der Waals surface area contributed by atoms with Crippen molar-refractivity contribution in [2.75, 3.05) is 18.0 Å². The molecule has 1 aromatic heterocycles. The van der Waals surface area contributed by atoms with Gasteiger partial charge in [0.15, 0.2) is 0 Å². The summed E-state index contributed by atoms with van der Waals surface area (Å²) in [5.74, 6) is 0.694. The van der Waals surface area contributed by atoms with Crippen molar-refractivity contribution in [1.29, 1.82) is 5.26 Å². The van der Waals surface area contributed by atoms with E-state index in [0.29, 0.717) is 34.4 Å². The molecule has 2 atom stereocenters. The summed E-state index contributed by atoms with van der Waals surface area (Å²) in [7, 11) is 0. The molecule has 1 aliphatic carbocycles. The van der Waals surface area contributed by atoms with Gasteiger partial charge in [0.2, 0.25) is 0 Å². The largest absolute Gasteiger partial charge is 0.372 e. The average Bonchev–Trinajstić information content (AvgIpc) is 3.39. The number of amides is 1. The predicted octanol–water partition coefficient (Wildman–Crippen LogP) is 4.20. The number of nitriles is 1. The first-order valence-electron chi connectivity index (χ1n) is 12.1. The van der Waals surface area contributed by atoms with Gasteiger partial charge in [-0.3, -0.25) is 19.1 Å². The van der Waals surface area contributed by atoms with Gasteiger partial charge < -0.3 is 9.64 Å². The maximum atomic E-state index is 13.4. The Balaban J connectivity index is 1.88. The van der Waals surface area contributed by atoms with E-state index in [1.54, 1.807) is 16.4 Å². The van der Waals surface area contributed by atoms with Crippen molar-refractivity contribution in [2.45, 2.75) is 84.6 Å². The van der Waals surface area contributed by atoms with E-state index in [1.807, 2.05) is 26.8 Å². The minimum atomic E-state index is -0.278. The van der Waals surface area contributed by atoms with Crippen molar-refractivity contribution in [3.05, 3.63) is 31.9 Å². The summed E-state index contributed by atoms with van der Waals surface area (Å²) in [5.41, 5.74) is 1.20. The van der Waals surface area contributed by atoms with E-state index >= 15 is 0 Å². The molecule has 34 heavy (non-hydrogen) atoms. The molecular weight excluding hydrogens is 468 g/mol. The first-order chi connectivity index (χ1) is 16.3. The van der Waals surface area contributed by atoms with Gasteiger partial charge in [0.1, 0.15) is 21.8 Å². The fourth-order valence-electron chi connectivity index (χ4n) is 5.35. The molecule has 4 rings (SSSR count). The molecule has 9 heteroatoms. The zero-order chi connectivity index (χ0) is 24.6. The summed E-state index contributed by atoms with van der Waals surface area (Å²) < 4.78 is 8.24. The molecule has 1 aromatic rings. The van der Waals surface area contributed by atoms with Gasteiger partial charge in [0.25, 0.3) is 11.5 Å². The molecule has 0 radical (unpaired) electrons. The van der Waals surface area contributed by atoms with Gasteiger partial charge in [0, 0.05) is 31.2 Å². The number of morpholine rings is 1. The van der Waals surface area contributed by atoms with Crippen molar-refractivity contribution in [3.63, 3.8) is 0 Å². The van der Waals surface area contributed by atoms with Crippen molar-refractivity contribution in [2.24, 2.45) is 0 Å². The van der Waals surface area contributed by atoms with Crippen LogP contribution in [0, 0.1) is 18.3 Å². The number of carbonyl (C=O) groups is 1. The third kappa shape index (κ3) is 4.56. The fourth-order valence-corrected chi connectivity index (χ4v) is 6.74. The minimum absolute atomic E-state index is 0.00157. The van der Waals surface area contributed by atoms with E-state index in [9.17, 15) is 14.9 Å². The Kier molecular flexibility index (Phi) is 7.51. The standard InChI is InChI=1S/C25H32N4O3S2/c1-5-10-28-22(27-13-15(2)32-16(3)14-27)19(17(4)20(12-26)23(28)30)11-21-24(31)29(25(33)34-21)18-8-6-7-9-18/h11,15-16,18H,5-10,13-14H2,1-4H3. The molecule has 2 aliphatic heterocycles. The van der Waals surface area contributed by atoms with E-state index in [4.69, 9.17) is 17.0 Å². The van der Waals surface area contributed by atoms with Crippen molar-refractivity contribution in [1.82, 2.24) is 9.47 Å². The highest BCUT2D eigenvalue weighted by Crippen LogP contribution is 2.39. The fraction of sp³-hybridized carbons (Fsp3) is 0.600. The maximum absolute atomic E-state index is 13.4. The Bertz CT molecular complexity index is 1120. The lowest BCUT2D eigenvalue weighted by Crippen LogP contribution is -2.48. The van der Waals surface area contributed by atoms with Gasteiger partial charge >= 0.3 is 0 Å². The van der Waals surface area contributed by atoms with Crippen LogP contribution in [0.25, 0.3) is 6.08 Å². The van der Waals surface area contributed by atoms with E-state index in [2.05, 4.69) is 11.0 Å². The number of carbonyl (C=O) groups excluding carboxylic acids is 1. The molecule has 1 saturated carbocycles. The third-order valence-electron chi connectivity index (χ3n) is 6.80. The molecular formula is C25H32N4O3S2. The van der Waals surface area contributed by atoms with Crippen LogP contribution in [-0.4, -0.2) is 51.0 Å². The summed E-state index contributed by atoms with van der Waals surface area (Å²) in [6.45, 7) is 9.61. The van der Waals surface area contributed by atoms with Crippen LogP contribution < -0.4 is 10.5 Å². The Morgan fingerprint density at radius 1 is 1.21 bits per heavy atom. The van der Waals surface area contributed by atoms with Gasteiger partial charge in [0.05, 0.1) is 17.1 Å². The second kappa shape index (κ2) is 10.2. The molecule has 0 N–H and O–H groups in total. The van der Waals surface area contributed by atoms with Gasteiger partial charge in [-0.15, -0.1) is 0 Å². The van der Waals surface area contributed by atoms with E-state index in [-0.39, 0.29) is 35.3 Å². The molecule has 182 valence electrons. The Morgan fingerprint density at radius 3 is 2.44 bits per heavy atom. The molecule has 0 aromatic carbocycles. The van der Waals surface area contributed by atoms with Crippen molar-refractivity contribution < 1.29 is 9.53 Å². The quantitative estimate of drug-likeness (QED) is 0.443. The summed E-state index contributed by atoms with van der Waals surface area (Å²) in [6.07, 6.45) is 6.80. The van der Waals surface area contributed by atoms with Crippen molar-refractivity contribution in [3.8, 4) is 6.07 Å². The van der Waals surface area contributed by atoms with E-state index in [0.717, 1.165) is 43.5 Å². The number of rotatable bonds is 5. The van der Waals surface area contributed by atoms with Gasteiger partial charge in [-0.25, -0.2) is 0 Å². The topological polar surface area (TPSA) is 78.6 Å². The van der Waals surface area contributed by atoms with Crippen LogP contribution in [0.5, 0.6) is 0 Å². The molecule has 3 fully saturated rings. The van der Waals surface area contributed by atoms with Crippen LogP contribution in [0.3, 0.4) is 0 Å². The number of hydrogen-bond donors (Lipinski definition) is 0. The average molecular weight is 501 g/mol. The molecule has 2 saturated heterocycles. The SMILES string of the molecule is CCCn1c(N2CC(C)OC(C)C2)c(C=C2SC(=S)N(C3CCCC3)C2=O)c(C)c(C#N)c1=O. The van der Waals surface area contributed by atoms with Crippen LogP contribution >= 0.6 is 24.0 Å². The Labute approximate surface area is 210 Å². The number of nitrogens with zero attached hydrogens (tertiary/aromatic N) is 4. The van der Waals surface area contributed by atoms with Crippen LogP contribution in [0.2, 0.25) is 0 Å². The van der Waals surface area contributed by atoms with E-state index < -0.39 is 0 Å². The highest BCUT2D eigenvalue weighted by molar-refractivity contribution is 8.26. The lowest BCUT2D eigenvalue weighted by Gasteiger charge is -2.39. The van der Waals surface area contributed by atoms with Gasteiger partial charge in [-0.2, -0.15) is 5.26 Å².